The Morgan fingerprint density at radius 1 is 1.06 bits per heavy atom. The minimum Gasteiger partial charge on any atom is -0.492 e. The van der Waals surface area contributed by atoms with Gasteiger partial charge in [-0.15, -0.1) is 0 Å². The predicted molar refractivity (Wildman–Crippen MR) is 134 cm³/mol. The number of benzene rings is 2. The quantitative estimate of drug-likeness (QED) is 0.476. The van der Waals surface area contributed by atoms with Crippen molar-refractivity contribution in [1.29, 1.82) is 0 Å². The van der Waals surface area contributed by atoms with Crippen molar-refractivity contribution in [2.45, 2.75) is 40.3 Å². The molecule has 0 bridgehead atoms. The van der Waals surface area contributed by atoms with E-state index in [1.807, 2.05) is 13.8 Å². The van der Waals surface area contributed by atoms with Crippen LogP contribution in [0.15, 0.2) is 48.5 Å². The minimum atomic E-state index is -3.90. The lowest BCUT2D eigenvalue weighted by molar-refractivity contribution is -0.139. The molecule has 0 aliphatic rings. The third kappa shape index (κ3) is 7.95. The maximum Gasteiger partial charge on any atom is 0.244 e. The number of ether oxygens (including phenoxy) is 1. The van der Waals surface area contributed by atoms with Gasteiger partial charge in [0.2, 0.25) is 21.8 Å². The van der Waals surface area contributed by atoms with Crippen molar-refractivity contribution in [2.24, 2.45) is 5.92 Å². The fourth-order valence-electron chi connectivity index (χ4n) is 3.38. The van der Waals surface area contributed by atoms with Crippen LogP contribution in [0.25, 0.3) is 0 Å². The zero-order valence-electron chi connectivity index (χ0n) is 20.8. The van der Waals surface area contributed by atoms with Gasteiger partial charge in [-0.25, -0.2) is 12.8 Å². The molecule has 1 N–H and O–H groups in total. The Hall–Kier alpha value is -3.14. The molecule has 0 fully saturated rings. The number of sulfonamides is 1. The fourth-order valence-corrected chi connectivity index (χ4v) is 4.23. The number of amides is 2. The maximum absolute atomic E-state index is 14.4. The van der Waals surface area contributed by atoms with Crippen LogP contribution in [0.4, 0.5) is 10.1 Å². The van der Waals surface area contributed by atoms with E-state index in [1.165, 1.54) is 30.0 Å². The molecule has 2 aromatic rings. The largest absolute Gasteiger partial charge is 0.492 e. The third-order valence-corrected chi connectivity index (χ3v) is 6.39. The van der Waals surface area contributed by atoms with Gasteiger partial charge in [-0.2, -0.15) is 0 Å². The second-order valence-electron chi connectivity index (χ2n) is 8.60. The van der Waals surface area contributed by atoms with Gasteiger partial charge in [0.25, 0.3) is 0 Å². The smallest absolute Gasteiger partial charge is 0.244 e. The molecule has 1 atom stereocenters. The van der Waals surface area contributed by atoms with Crippen LogP contribution >= 0.6 is 0 Å². The Morgan fingerprint density at radius 3 is 2.29 bits per heavy atom. The Kier molecular flexibility index (Phi) is 10.1. The second kappa shape index (κ2) is 12.5. The number of anilines is 1. The van der Waals surface area contributed by atoms with E-state index < -0.39 is 40.2 Å². The Bertz CT molecular complexity index is 1120. The van der Waals surface area contributed by atoms with Crippen molar-refractivity contribution in [3.8, 4) is 5.75 Å². The van der Waals surface area contributed by atoms with Crippen LogP contribution in [0, 0.1) is 11.7 Å². The lowest BCUT2D eigenvalue weighted by Gasteiger charge is -2.32. The van der Waals surface area contributed by atoms with E-state index >= 15 is 0 Å². The number of nitrogens with zero attached hydrogens (tertiary/aromatic N) is 2. The molecule has 0 spiro atoms. The van der Waals surface area contributed by atoms with Gasteiger partial charge < -0.3 is 15.0 Å². The summed E-state index contributed by atoms with van der Waals surface area (Å²) in [7, 11) is -3.90. The Balaban J connectivity index is 2.43. The number of carbonyl (C=O) groups is 2. The van der Waals surface area contributed by atoms with Crippen molar-refractivity contribution in [1.82, 2.24) is 10.2 Å². The van der Waals surface area contributed by atoms with Gasteiger partial charge in [0.1, 0.15) is 24.2 Å². The number of para-hydroxylation sites is 2. The van der Waals surface area contributed by atoms with Crippen molar-refractivity contribution in [3.05, 3.63) is 59.9 Å². The van der Waals surface area contributed by atoms with Gasteiger partial charge >= 0.3 is 0 Å². The predicted octanol–water partition coefficient (Wildman–Crippen LogP) is 3.18. The average Bonchev–Trinajstić information content (AvgIpc) is 2.80. The van der Waals surface area contributed by atoms with Crippen LogP contribution in [0.1, 0.15) is 33.3 Å². The fraction of sp³-hybridized carbons (Fsp3) is 0.440. The topological polar surface area (TPSA) is 96.0 Å². The molecule has 2 rings (SSSR count). The van der Waals surface area contributed by atoms with Gasteiger partial charge in [0.05, 0.1) is 18.6 Å². The van der Waals surface area contributed by atoms with E-state index in [2.05, 4.69) is 5.32 Å². The normalized spacial score (nSPS) is 12.2. The number of rotatable bonds is 12. The molecule has 0 saturated carbocycles. The van der Waals surface area contributed by atoms with Crippen LogP contribution in [-0.2, 0) is 26.2 Å². The Morgan fingerprint density at radius 2 is 1.69 bits per heavy atom. The van der Waals surface area contributed by atoms with Gasteiger partial charge in [-0.1, -0.05) is 44.2 Å². The lowest BCUT2D eigenvalue weighted by Crippen LogP contribution is -2.51. The minimum absolute atomic E-state index is 0.192. The van der Waals surface area contributed by atoms with Crippen molar-refractivity contribution >= 4 is 27.5 Å². The summed E-state index contributed by atoms with van der Waals surface area (Å²) >= 11 is 0. The second-order valence-corrected chi connectivity index (χ2v) is 10.5. The van der Waals surface area contributed by atoms with Crippen LogP contribution in [0.2, 0.25) is 0 Å². The molecule has 8 nitrogen and oxygen atoms in total. The Labute approximate surface area is 207 Å². The van der Waals surface area contributed by atoms with Crippen LogP contribution < -0.4 is 14.4 Å². The summed E-state index contributed by atoms with van der Waals surface area (Å²) in [5.74, 6) is -1.10. The lowest BCUT2D eigenvalue weighted by atomic mass is 10.1. The highest BCUT2D eigenvalue weighted by molar-refractivity contribution is 7.92. The van der Waals surface area contributed by atoms with Crippen LogP contribution in [-0.4, -0.2) is 57.1 Å². The molecule has 0 heterocycles. The summed E-state index contributed by atoms with van der Waals surface area (Å²) < 4.78 is 46.3. The molecule has 192 valence electrons. The van der Waals surface area contributed by atoms with Gasteiger partial charge in [-0.05, 0) is 38.0 Å². The zero-order chi connectivity index (χ0) is 26.2. The van der Waals surface area contributed by atoms with Gasteiger partial charge in [0.15, 0.2) is 0 Å². The number of nitrogens with one attached hydrogen (secondary N) is 1. The summed E-state index contributed by atoms with van der Waals surface area (Å²) in [5.41, 5.74) is 0.415. The number of hydrogen-bond donors (Lipinski definition) is 1. The monoisotopic (exact) mass is 507 g/mol. The van der Waals surface area contributed by atoms with Crippen molar-refractivity contribution in [2.75, 3.05) is 30.3 Å². The molecule has 10 heteroatoms. The molecule has 0 aliphatic carbocycles. The maximum atomic E-state index is 14.4. The highest BCUT2D eigenvalue weighted by Gasteiger charge is 2.31. The molecular formula is C25H34FN3O5S. The summed E-state index contributed by atoms with van der Waals surface area (Å²) in [6, 6.07) is 11.5. The molecular weight excluding hydrogens is 473 g/mol. The van der Waals surface area contributed by atoms with E-state index in [0.29, 0.717) is 18.9 Å². The highest BCUT2D eigenvalue weighted by atomic mass is 32.2. The van der Waals surface area contributed by atoms with Gasteiger partial charge in [-0.3, -0.25) is 13.9 Å². The molecule has 2 amide bonds. The molecule has 0 aromatic heterocycles. The van der Waals surface area contributed by atoms with Crippen molar-refractivity contribution in [3.63, 3.8) is 0 Å². The summed E-state index contributed by atoms with van der Waals surface area (Å²) in [6.07, 6.45) is 0.989. The van der Waals surface area contributed by atoms with E-state index in [9.17, 15) is 22.4 Å². The average molecular weight is 508 g/mol. The molecule has 35 heavy (non-hydrogen) atoms. The number of carbonyl (C=O) groups excluding carboxylic acids is 2. The first-order valence-electron chi connectivity index (χ1n) is 11.5. The summed E-state index contributed by atoms with van der Waals surface area (Å²) in [5, 5.41) is 2.78. The van der Waals surface area contributed by atoms with Crippen molar-refractivity contribution < 1.29 is 27.1 Å². The van der Waals surface area contributed by atoms with E-state index in [-0.39, 0.29) is 23.7 Å². The first kappa shape index (κ1) is 28.1. The van der Waals surface area contributed by atoms with Gasteiger partial charge in [0, 0.05) is 18.7 Å². The first-order chi connectivity index (χ1) is 16.5. The summed E-state index contributed by atoms with van der Waals surface area (Å²) in [6.45, 7) is 7.09. The van der Waals surface area contributed by atoms with Crippen LogP contribution in [0.3, 0.4) is 0 Å². The van der Waals surface area contributed by atoms with E-state index in [0.717, 1.165) is 10.6 Å². The van der Waals surface area contributed by atoms with E-state index in [4.69, 9.17) is 4.74 Å². The molecule has 0 saturated heterocycles. The standard InChI is InChI=1S/C25H34FN3O5S/c1-6-34-23-14-10-9-13-22(23)29(35(5,32)33)17-24(30)28(16-20-11-7-8-12-21(20)26)19(4)25(31)27-15-18(2)3/h7-14,18-19H,6,15-17H2,1-5H3,(H,27,31)/t19-/m1/s1. The summed E-state index contributed by atoms with van der Waals surface area (Å²) in [4.78, 5) is 27.5. The first-order valence-corrected chi connectivity index (χ1v) is 13.3. The molecule has 0 aliphatic heterocycles. The molecule has 2 aromatic carbocycles. The van der Waals surface area contributed by atoms with Crippen LogP contribution in [0.5, 0.6) is 5.75 Å². The highest BCUT2D eigenvalue weighted by Crippen LogP contribution is 2.30. The number of hydrogen-bond acceptors (Lipinski definition) is 5. The molecule has 0 radical (unpaired) electrons. The zero-order valence-corrected chi connectivity index (χ0v) is 21.6. The molecule has 0 unspecified atom stereocenters. The SMILES string of the molecule is CCOc1ccccc1N(CC(=O)N(Cc1ccccc1F)[C@H](C)C(=O)NCC(C)C)S(C)(=O)=O. The number of halogens is 1. The van der Waals surface area contributed by atoms with E-state index in [1.54, 1.807) is 37.3 Å². The third-order valence-electron chi connectivity index (χ3n) is 5.26.